The molecular formula is C19H30O2. The number of para-hydroxylation sites is 1. The molecule has 1 aromatic carbocycles. The van der Waals surface area contributed by atoms with Gasteiger partial charge in [0.2, 0.25) is 0 Å². The Morgan fingerprint density at radius 3 is 2.43 bits per heavy atom. The Hall–Kier alpha value is -1.02. The maximum absolute atomic E-state index is 10.3. The fraction of sp³-hybridized carbons (Fsp3) is 0.684. The van der Waals surface area contributed by atoms with Crippen molar-refractivity contribution in [2.45, 2.75) is 83.3 Å². The third kappa shape index (κ3) is 5.35. The van der Waals surface area contributed by atoms with Gasteiger partial charge in [0.25, 0.3) is 0 Å². The summed E-state index contributed by atoms with van der Waals surface area (Å²) in [7, 11) is 0. The molecule has 2 nitrogen and oxygen atoms in total. The molecule has 0 bridgehead atoms. The zero-order valence-corrected chi connectivity index (χ0v) is 13.4. The predicted molar refractivity (Wildman–Crippen MR) is 87.8 cm³/mol. The van der Waals surface area contributed by atoms with Gasteiger partial charge in [0.1, 0.15) is 11.9 Å². The van der Waals surface area contributed by atoms with Crippen molar-refractivity contribution in [1.82, 2.24) is 0 Å². The van der Waals surface area contributed by atoms with Crippen LogP contribution < -0.4 is 4.74 Å². The Morgan fingerprint density at radius 1 is 1.05 bits per heavy atom. The van der Waals surface area contributed by atoms with Crippen LogP contribution in [0.2, 0.25) is 0 Å². The number of aliphatic hydroxyl groups is 1. The fourth-order valence-electron chi connectivity index (χ4n) is 3.10. The second kappa shape index (κ2) is 9.09. The van der Waals surface area contributed by atoms with E-state index in [2.05, 4.69) is 13.0 Å². The maximum atomic E-state index is 10.3. The minimum atomic E-state index is -0.322. The smallest absolute Gasteiger partial charge is 0.129 e. The number of aliphatic hydroxyl groups excluding tert-OH is 1. The minimum Gasteiger partial charge on any atom is -0.487 e. The molecule has 1 aliphatic heterocycles. The lowest BCUT2D eigenvalue weighted by Crippen LogP contribution is -2.30. The first-order chi connectivity index (χ1) is 10.3. The zero-order valence-electron chi connectivity index (χ0n) is 13.4. The molecule has 21 heavy (non-hydrogen) atoms. The lowest BCUT2D eigenvalue weighted by molar-refractivity contribution is 0.0422. The summed E-state index contributed by atoms with van der Waals surface area (Å²) in [5, 5.41) is 10.3. The van der Waals surface area contributed by atoms with Gasteiger partial charge in [-0.15, -0.1) is 0 Å². The summed E-state index contributed by atoms with van der Waals surface area (Å²) >= 11 is 0. The van der Waals surface area contributed by atoms with Gasteiger partial charge in [-0.2, -0.15) is 0 Å². The summed E-state index contributed by atoms with van der Waals surface area (Å²) in [5.41, 5.74) is 1.23. The van der Waals surface area contributed by atoms with Gasteiger partial charge >= 0.3 is 0 Å². The molecule has 1 aromatic rings. The standard InChI is InChI=1S/C19H30O2/c1-2-3-4-5-6-7-8-9-13-17(20)19-15-16-12-10-11-14-18(16)21-19/h10-12,14,17,19-20H,2-9,13,15H2,1H3. The molecule has 118 valence electrons. The molecule has 2 unspecified atom stereocenters. The molecule has 0 saturated heterocycles. The molecule has 0 spiro atoms. The van der Waals surface area contributed by atoms with Gasteiger partial charge in [0.05, 0.1) is 6.10 Å². The Labute approximate surface area is 129 Å². The molecule has 1 N–H and O–H groups in total. The first kappa shape index (κ1) is 16.4. The third-order valence-corrected chi connectivity index (χ3v) is 4.45. The molecule has 0 aromatic heterocycles. The van der Waals surface area contributed by atoms with E-state index in [0.29, 0.717) is 0 Å². The number of fused-ring (bicyclic) bond motifs is 1. The SMILES string of the molecule is CCCCCCCCCCC(O)C1Cc2ccccc2O1. The normalized spacial score (nSPS) is 18.3. The number of benzene rings is 1. The second-order valence-corrected chi connectivity index (χ2v) is 6.30. The van der Waals surface area contributed by atoms with Crippen molar-refractivity contribution in [3.05, 3.63) is 29.8 Å². The van der Waals surface area contributed by atoms with Gasteiger partial charge in [-0.1, -0.05) is 76.5 Å². The van der Waals surface area contributed by atoms with Gasteiger partial charge in [-0.3, -0.25) is 0 Å². The zero-order chi connectivity index (χ0) is 14.9. The van der Waals surface area contributed by atoms with Crippen molar-refractivity contribution < 1.29 is 9.84 Å². The fourth-order valence-corrected chi connectivity index (χ4v) is 3.10. The summed E-state index contributed by atoms with van der Waals surface area (Å²) < 4.78 is 5.84. The Morgan fingerprint density at radius 2 is 1.71 bits per heavy atom. The molecule has 2 rings (SSSR count). The van der Waals surface area contributed by atoms with Gasteiger partial charge in [-0.25, -0.2) is 0 Å². The van der Waals surface area contributed by atoms with E-state index in [4.69, 9.17) is 4.74 Å². The number of hydrogen-bond acceptors (Lipinski definition) is 2. The van der Waals surface area contributed by atoms with E-state index in [1.165, 1.54) is 50.5 Å². The lowest BCUT2D eigenvalue weighted by Gasteiger charge is -2.17. The van der Waals surface area contributed by atoms with Crippen molar-refractivity contribution >= 4 is 0 Å². The van der Waals surface area contributed by atoms with Gasteiger partial charge in [0.15, 0.2) is 0 Å². The number of hydrogen-bond donors (Lipinski definition) is 1. The number of unbranched alkanes of at least 4 members (excludes halogenated alkanes) is 7. The van der Waals surface area contributed by atoms with Gasteiger partial charge < -0.3 is 9.84 Å². The average Bonchev–Trinajstić information content (AvgIpc) is 2.94. The highest BCUT2D eigenvalue weighted by atomic mass is 16.5. The van der Waals surface area contributed by atoms with E-state index >= 15 is 0 Å². The van der Waals surface area contributed by atoms with E-state index in [0.717, 1.165) is 25.0 Å². The lowest BCUT2D eigenvalue weighted by atomic mass is 10.0. The van der Waals surface area contributed by atoms with Crippen molar-refractivity contribution in [2.75, 3.05) is 0 Å². The molecule has 2 heteroatoms. The molecule has 1 heterocycles. The number of rotatable bonds is 10. The number of ether oxygens (including phenoxy) is 1. The monoisotopic (exact) mass is 290 g/mol. The van der Waals surface area contributed by atoms with Crippen LogP contribution in [0.15, 0.2) is 24.3 Å². The van der Waals surface area contributed by atoms with Crippen molar-refractivity contribution in [3.63, 3.8) is 0 Å². The maximum Gasteiger partial charge on any atom is 0.129 e. The van der Waals surface area contributed by atoms with E-state index in [-0.39, 0.29) is 12.2 Å². The van der Waals surface area contributed by atoms with Crippen LogP contribution in [-0.2, 0) is 6.42 Å². The van der Waals surface area contributed by atoms with Crippen LogP contribution in [0.25, 0.3) is 0 Å². The first-order valence-electron chi connectivity index (χ1n) is 8.74. The topological polar surface area (TPSA) is 29.5 Å². The summed E-state index contributed by atoms with van der Waals surface area (Å²) in [6, 6.07) is 8.12. The summed E-state index contributed by atoms with van der Waals surface area (Å²) in [4.78, 5) is 0. The second-order valence-electron chi connectivity index (χ2n) is 6.30. The van der Waals surface area contributed by atoms with Crippen LogP contribution in [0.1, 0.15) is 70.3 Å². The van der Waals surface area contributed by atoms with Crippen molar-refractivity contribution in [1.29, 1.82) is 0 Å². The molecule has 0 radical (unpaired) electrons. The molecule has 0 amide bonds. The van der Waals surface area contributed by atoms with Crippen LogP contribution in [0.3, 0.4) is 0 Å². The van der Waals surface area contributed by atoms with E-state index in [9.17, 15) is 5.11 Å². The van der Waals surface area contributed by atoms with Gasteiger partial charge in [0, 0.05) is 6.42 Å². The highest BCUT2D eigenvalue weighted by Gasteiger charge is 2.28. The highest BCUT2D eigenvalue weighted by molar-refractivity contribution is 5.37. The molecule has 0 aliphatic carbocycles. The van der Waals surface area contributed by atoms with Crippen LogP contribution in [-0.4, -0.2) is 17.3 Å². The van der Waals surface area contributed by atoms with Crippen LogP contribution >= 0.6 is 0 Å². The van der Waals surface area contributed by atoms with E-state index < -0.39 is 0 Å². The highest BCUT2D eigenvalue weighted by Crippen LogP contribution is 2.30. The molecule has 2 atom stereocenters. The molecule has 0 saturated carbocycles. The summed E-state index contributed by atoms with van der Waals surface area (Å²) in [6.07, 6.45) is 11.8. The largest absolute Gasteiger partial charge is 0.487 e. The van der Waals surface area contributed by atoms with Crippen LogP contribution in [0.4, 0.5) is 0 Å². The quantitative estimate of drug-likeness (QED) is 0.622. The van der Waals surface area contributed by atoms with E-state index in [1.807, 2.05) is 18.2 Å². The predicted octanol–water partition coefficient (Wildman–Crippen LogP) is 4.88. The molecule has 0 fully saturated rings. The molecule has 1 aliphatic rings. The van der Waals surface area contributed by atoms with Crippen molar-refractivity contribution in [2.24, 2.45) is 0 Å². The third-order valence-electron chi connectivity index (χ3n) is 4.45. The Bertz CT molecular complexity index is 377. The van der Waals surface area contributed by atoms with Crippen LogP contribution in [0, 0.1) is 0 Å². The summed E-state index contributed by atoms with van der Waals surface area (Å²) in [5.74, 6) is 0.956. The van der Waals surface area contributed by atoms with Crippen LogP contribution in [0.5, 0.6) is 5.75 Å². The Kier molecular flexibility index (Phi) is 7.08. The first-order valence-corrected chi connectivity index (χ1v) is 8.74. The molecular weight excluding hydrogens is 260 g/mol. The van der Waals surface area contributed by atoms with Gasteiger partial charge in [-0.05, 0) is 18.1 Å². The average molecular weight is 290 g/mol. The van der Waals surface area contributed by atoms with Crippen molar-refractivity contribution in [3.8, 4) is 5.75 Å². The summed E-state index contributed by atoms with van der Waals surface area (Å²) in [6.45, 7) is 2.25. The van der Waals surface area contributed by atoms with E-state index in [1.54, 1.807) is 0 Å². The Balaban J connectivity index is 1.54. The minimum absolute atomic E-state index is 0.0352.